The maximum atomic E-state index is 11.6. The van der Waals surface area contributed by atoms with Crippen molar-refractivity contribution in [2.75, 3.05) is 14.1 Å². The summed E-state index contributed by atoms with van der Waals surface area (Å²) in [4.78, 5) is 1.64. The number of nitrogens with two attached hydrogens (primary N) is 1. The van der Waals surface area contributed by atoms with Gasteiger partial charge in [0, 0.05) is 12.1 Å². The summed E-state index contributed by atoms with van der Waals surface area (Å²) in [6.07, 6.45) is 0. The van der Waals surface area contributed by atoms with Crippen LogP contribution < -0.4 is 5.14 Å². The molecule has 5 nitrogen and oxygen atoms in total. The van der Waals surface area contributed by atoms with Crippen LogP contribution in [-0.2, 0) is 22.0 Å². The van der Waals surface area contributed by atoms with Gasteiger partial charge in [0.2, 0.25) is 10.0 Å². The number of benzene rings is 1. The van der Waals surface area contributed by atoms with E-state index < -0.39 is 10.0 Å². The Morgan fingerprint density at radius 2 is 1.79 bits per heavy atom. The van der Waals surface area contributed by atoms with Crippen LogP contribution >= 0.6 is 0 Å². The van der Waals surface area contributed by atoms with Crippen LogP contribution in [0.15, 0.2) is 17.0 Å². The molecule has 0 atom stereocenters. The van der Waals surface area contributed by atoms with E-state index in [0.29, 0.717) is 12.1 Å². The summed E-state index contributed by atoms with van der Waals surface area (Å²) in [6.45, 7) is 6.38. The summed E-state index contributed by atoms with van der Waals surface area (Å²) in [5.41, 5.74) is 1.15. The van der Waals surface area contributed by atoms with Crippen molar-refractivity contribution in [3.05, 3.63) is 23.3 Å². The van der Waals surface area contributed by atoms with Crippen molar-refractivity contribution >= 4 is 10.0 Å². The summed E-state index contributed by atoms with van der Waals surface area (Å²) < 4.78 is 23.2. The van der Waals surface area contributed by atoms with Gasteiger partial charge in [0.05, 0.1) is 0 Å². The van der Waals surface area contributed by atoms with Crippen molar-refractivity contribution in [1.82, 2.24) is 4.90 Å². The van der Waals surface area contributed by atoms with Gasteiger partial charge in [-0.3, -0.25) is 0 Å². The summed E-state index contributed by atoms with van der Waals surface area (Å²) >= 11 is 0. The van der Waals surface area contributed by atoms with E-state index in [1.807, 2.05) is 45.8 Å². The lowest BCUT2D eigenvalue weighted by atomic mass is 9.86. The molecule has 0 heterocycles. The fourth-order valence-corrected chi connectivity index (χ4v) is 2.47. The van der Waals surface area contributed by atoms with E-state index in [0.717, 1.165) is 5.56 Å². The molecule has 1 aromatic carbocycles. The normalized spacial score (nSPS) is 13.0. The molecule has 0 radical (unpaired) electrons. The molecule has 3 N–H and O–H groups in total. The Morgan fingerprint density at radius 1 is 1.26 bits per heavy atom. The van der Waals surface area contributed by atoms with Crippen LogP contribution in [0.4, 0.5) is 0 Å². The first-order valence-corrected chi connectivity index (χ1v) is 7.51. The molecule has 0 aliphatic rings. The van der Waals surface area contributed by atoms with E-state index >= 15 is 0 Å². The first-order valence-electron chi connectivity index (χ1n) is 5.97. The topological polar surface area (TPSA) is 83.6 Å². The molecular weight excluding hydrogens is 264 g/mol. The maximum Gasteiger partial charge on any atom is 0.241 e. The molecule has 0 aliphatic carbocycles. The minimum Gasteiger partial charge on any atom is -0.506 e. The van der Waals surface area contributed by atoms with Gasteiger partial charge < -0.3 is 10.0 Å². The largest absolute Gasteiger partial charge is 0.506 e. The van der Waals surface area contributed by atoms with E-state index in [4.69, 9.17) is 5.14 Å². The highest BCUT2D eigenvalue weighted by Gasteiger charge is 2.23. The van der Waals surface area contributed by atoms with Crippen molar-refractivity contribution in [3.8, 4) is 5.75 Å². The fourth-order valence-electron chi connectivity index (χ4n) is 1.78. The van der Waals surface area contributed by atoms with Crippen LogP contribution in [0, 0.1) is 0 Å². The molecule has 0 saturated heterocycles. The molecule has 0 aliphatic heterocycles. The number of nitrogens with zero attached hydrogens (tertiary/aromatic N) is 1. The minimum atomic E-state index is -3.94. The Morgan fingerprint density at radius 3 is 2.16 bits per heavy atom. The van der Waals surface area contributed by atoms with Gasteiger partial charge in [0.25, 0.3) is 0 Å². The Labute approximate surface area is 115 Å². The van der Waals surface area contributed by atoms with Crippen molar-refractivity contribution < 1.29 is 13.5 Å². The van der Waals surface area contributed by atoms with Crippen LogP contribution in [0.1, 0.15) is 31.9 Å². The van der Waals surface area contributed by atoms with Gasteiger partial charge in [-0.25, -0.2) is 13.6 Å². The van der Waals surface area contributed by atoms with Gasteiger partial charge in [0.1, 0.15) is 10.6 Å². The van der Waals surface area contributed by atoms with Gasteiger partial charge in [-0.05, 0) is 31.1 Å². The first kappa shape index (κ1) is 15.9. The summed E-state index contributed by atoms with van der Waals surface area (Å²) in [5, 5.41) is 15.2. The third kappa shape index (κ3) is 3.92. The second-order valence-electron chi connectivity index (χ2n) is 6.01. The highest BCUT2D eigenvalue weighted by atomic mass is 32.2. The molecule has 0 spiro atoms. The highest BCUT2D eigenvalue weighted by molar-refractivity contribution is 7.89. The lowest BCUT2D eigenvalue weighted by Gasteiger charge is -2.23. The monoisotopic (exact) mass is 286 g/mol. The second kappa shape index (κ2) is 5.11. The second-order valence-corrected chi connectivity index (χ2v) is 7.54. The van der Waals surface area contributed by atoms with Gasteiger partial charge in [-0.2, -0.15) is 0 Å². The zero-order chi connectivity index (χ0) is 15.0. The number of rotatable bonds is 3. The van der Waals surface area contributed by atoms with Crippen LogP contribution in [0.3, 0.4) is 0 Å². The molecule has 108 valence electrons. The Hall–Kier alpha value is -1.11. The SMILES string of the molecule is CN(C)Cc1cc(C(C)(C)C)cc(S(N)(=O)=O)c1O. The lowest BCUT2D eigenvalue weighted by Crippen LogP contribution is -2.19. The molecule has 0 unspecified atom stereocenters. The first-order chi connectivity index (χ1) is 8.43. The summed E-state index contributed by atoms with van der Waals surface area (Å²) in [6, 6.07) is 3.27. The number of phenols is 1. The van der Waals surface area contributed by atoms with Crippen LogP contribution in [0.2, 0.25) is 0 Å². The molecule has 0 amide bonds. The zero-order valence-corrected chi connectivity index (χ0v) is 12.9. The molecule has 19 heavy (non-hydrogen) atoms. The van der Waals surface area contributed by atoms with E-state index in [2.05, 4.69) is 0 Å². The average Bonchev–Trinajstić information content (AvgIpc) is 2.16. The predicted octanol–water partition coefficient (Wildman–Crippen LogP) is 1.40. The molecule has 0 aromatic heterocycles. The van der Waals surface area contributed by atoms with Gasteiger partial charge in [0.15, 0.2) is 0 Å². The molecule has 1 rings (SSSR count). The summed E-state index contributed by atoms with van der Waals surface area (Å²) in [7, 11) is -0.249. The van der Waals surface area contributed by atoms with Crippen LogP contribution in [0.25, 0.3) is 0 Å². The summed E-state index contributed by atoms with van der Waals surface area (Å²) in [5.74, 6) is -0.260. The molecule has 0 bridgehead atoms. The fraction of sp³-hybridized carbons (Fsp3) is 0.538. The molecule has 0 saturated carbocycles. The van der Waals surface area contributed by atoms with Crippen LogP contribution in [-0.4, -0.2) is 32.5 Å². The quantitative estimate of drug-likeness (QED) is 0.879. The standard InChI is InChI=1S/C13H22N2O3S/c1-13(2,3)10-6-9(8-15(4)5)12(16)11(7-10)19(14,17)18/h6-7,16H,8H2,1-5H3,(H2,14,17,18). The number of phenolic OH excluding ortho intramolecular Hbond substituents is 1. The Balaban J connectivity index is 3.57. The van der Waals surface area contributed by atoms with E-state index in [1.54, 1.807) is 0 Å². The predicted molar refractivity (Wildman–Crippen MR) is 75.6 cm³/mol. The Bertz CT molecular complexity index is 572. The highest BCUT2D eigenvalue weighted by Crippen LogP contribution is 2.33. The van der Waals surface area contributed by atoms with Gasteiger partial charge in [-0.15, -0.1) is 0 Å². The third-order valence-electron chi connectivity index (χ3n) is 2.81. The van der Waals surface area contributed by atoms with E-state index in [-0.39, 0.29) is 16.1 Å². The smallest absolute Gasteiger partial charge is 0.241 e. The van der Waals surface area contributed by atoms with E-state index in [1.165, 1.54) is 6.07 Å². The molecule has 1 aromatic rings. The van der Waals surface area contributed by atoms with Gasteiger partial charge in [-0.1, -0.05) is 26.8 Å². The third-order valence-corrected chi connectivity index (χ3v) is 3.74. The molecule has 6 heteroatoms. The Kier molecular flexibility index (Phi) is 4.29. The van der Waals surface area contributed by atoms with Crippen molar-refractivity contribution in [1.29, 1.82) is 0 Å². The zero-order valence-electron chi connectivity index (χ0n) is 12.1. The minimum absolute atomic E-state index is 0.211. The van der Waals surface area contributed by atoms with Crippen molar-refractivity contribution in [2.45, 2.75) is 37.6 Å². The van der Waals surface area contributed by atoms with E-state index in [9.17, 15) is 13.5 Å². The van der Waals surface area contributed by atoms with Crippen molar-refractivity contribution in [3.63, 3.8) is 0 Å². The number of sulfonamides is 1. The van der Waals surface area contributed by atoms with Crippen LogP contribution in [0.5, 0.6) is 5.75 Å². The number of hydrogen-bond donors (Lipinski definition) is 2. The number of primary sulfonamides is 1. The molecular formula is C13H22N2O3S. The van der Waals surface area contributed by atoms with Crippen molar-refractivity contribution in [2.24, 2.45) is 5.14 Å². The molecule has 0 fully saturated rings. The average molecular weight is 286 g/mol. The maximum absolute atomic E-state index is 11.6. The van der Waals surface area contributed by atoms with Gasteiger partial charge >= 0.3 is 0 Å². The lowest BCUT2D eigenvalue weighted by molar-refractivity contribution is 0.380. The number of hydrogen-bond acceptors (Lipinski definition) is 4. The number of aromatic hydroxyl groups is 1.